The van der Waals surface area contributed by atoms with Gasteiger partial charge >= 0.3 is 6.61 Å². The van der Waals surface area contributed by atoms with E-state index in [1.165, 1.54) is 19.1 Å². The summed E-state index contributed by atoms with van der Waals surface area (Å²) in [5.41, 5.74) is 3.01. The third-order valence-electron chi connectivity index (χ3n) is 5.35. The monoisotopic (exact) mass is 456 g/mol. The highest BCUT2D eigenvalue weighted by atomic mass is 19.3. The van der Waals surface area contributed by atoms with Gasteiger partial charge in [0.05, 0.1) is 6.20 Å². The van der Waals surface area contributed by atoms with Crippen molar-refractivity contribution in [2.75, 3.05) is 5.32 Å². The zero-order valence-corrected chi connectivity index (χ0v) is 16.5. The molecule has 1 aromatic heterocycles. The first-order chi connectivity index (χ1) is 15.1. The second-order valence-electron chi connectivity index (χ2n) is 7.44. The zero-order valence-electron chi connectivity index (χ0n) is 16.5. The van der Waals surface area contributed by atoms with E-state index < -0.39 is 53.9 Å². The molecule has 1 aliphatic carbocycles. The van der Waals surface area contributed by atoms with Crippen LogP contribution in [0.1, 0.15) is 28.0 Å². The van der Waals surface area contributed by atoms with Crippen LogP contribution in [-0.2, 0) is 10.3 Å². The Balaban J connectivity index is 1.64. The topological polar surface area (TPSA) is 98.8 Å². The van der Waals surface area contributed by atoms with Crippen LogP contribution in [0.4, 0.5) is 27.6 Å². The van der Waals surface area contributed by atoms with Crippen LogP contribution >= 0.6 is 0 Å². The quantitative estimate of drug-likeness (QED) is 0.648. The molecule has 1 saturated carbocycles. The van der Waals surface area contributed by atoms with Crippen molar-refractivity contribution in [2.45, 2.75) is 38.0 Å². The van der Waals surface area contributed by atoms with Gasteiger partial charge in [-0.15, -0.1) is 0 Å². The number of nitrogens with one attached hydrogen (secondary N) is 1. The SMILES string of the molecule is Cc1cc(OC(F)F)cnc1C(=O)Nc1ccc(F)c([C@@]2(C(F)F)N=C(N)O[C@@H]3CC32)c1. The number of alkyl halides is 4. The van der Waals surface area contributed by atoms with Gasteiger partial charge in [-0.1, -0.05) is 0 Å². The summed E-state index contributed by atoms with van der Waals surface area (Å²) in [5.74, 6) is -2.68. The molecule has 12 heteroatoms. The molecular formula is C20H17F5N4O3. The third-order valence-corrected chi connectivity index (χ3v) is 5.35. The van der Waals surface area contributed by atoms with Crippen LogP contribution in [0.3, 0.4) is 0 Å². The second kappa shape index (κ2) is 7.92. The highest BCUT2D eigenvalue weighted by molar-refractivity contribution is 6.03. The lowest BCUT2D eigenvalue weighted by Gasteiger charge is -2.33. The van der Waals surface area contributed by atoms with E-state index in [4.69, 9.17) is 10.5 Å². The molecule has 0 bridgehead atoms. The van der Waals surface area contributed by atoms with Crippen molar-refractivity contribution in [3.05, 3.63) is 53.1 Å². The van der Waals surface area contributed by atoms with Crippen LogP contribution < -0.4 is 15.8 Å². The second-order valence-corrected chi connectivity index (χ2v) is 7.44. The van der Waals surface area contributed by atoms with E-state index in [2.05, 4.69) is 20.0 Å². The molecule has 1 aliphatic heterocycles. The lowest BCUT2D eigenvalue weighted by molar-refractivity contribution is -0.0501. The van der Waals surface area contributed by atoms with Crippen LogP contribution in [0.5, 0.6) is 5.75 Å². The van der Waals surface area contributed by atoms with Crippen LogP contribution in [0.25, 0.3) is 0 Å². The summed E-state index contributed by atoms with van der Waals surface area (Å²) in [7, 11) is 0. The summed E-state index contributed by atoms with van der Waals surface area (Å²) < 4.78 is 77.1. The van der Waals surface area contributed by atoms with Gasteiger partial charge in [0.15, 0.2) is 5.54 Å². The lowest BCUT2D eigenvalue weighted by Crippen LogP contribution is -2.43. The maximum Gasteiger partial charge on any atom is 0.387 e. The van der Waals surface area contributed by atoms with Crippen LogP contribution in [0.15, 0.2) is 35.5 Å². The number of aryl methyl sites for hydroxylation is 1. The van der Waals surface area contributed by atoms with Crippen molar-refractivity contribution in [2.24, 2.45) is 16.6 Å². The molecule has 32 heavy (non-hydrogen) atoms. The van der Waals surface area contributed by atoms with E-state index in [-0.39, 0.29) is 29.1 Å². The predicted molar refractivity (Wildman–Crippen MR) is 102 cm³/mol. The Hall–Kier alpha value is -3.44. The van der Waals surface area contributed by atoms with Gasteiger partial charge < -0.3 is 20.5 Å². The average molecular weight is 456 g/mol. The average Bonchev–Trinajstić information content (AvgIpc) is 3.47. The fourth-order valence-corrected chi connectivity index (χ4v) is 3.85. The van der Waals surface area contributed by atoms with Gasteiger partial charge in [-0.2, -0.15) is 8.78 Å². The number of amidine groups is 1. The molecule has 4 rings (SSSR count). The third kappa shape index (κ3) is 3.80. The number of ether oxygens (including phenoxy) is 2. The Kier molecular flexibility index (Phi) is 5.39. The first-order valence-corrected chi connectivity index (χ1v) is 9.44. The Morgan fingerprint density at radius 1 is 1.31 bits per heavy atom. The number of halogens is 5. The molecular weight excluding hydrogens is 439 g/mol. The molecule has 1 amide bonds. The molecule has 3 atom stereocenters. The van der Waals surface area contributed by atoms with Gasteiger partial charge in [-0.25, -0.2) is 23.1 Å². The number of rotatable bonds is 6. The summed E-state index contributed by atoms with van der Waals surface area (Å²) in [6.45, 7) is -1.60. The van der Waals surface area contributed by atoms with Gasteiger partial charge in [0, 0.05) is 17.2 Å². The van der Waals surface area contributed by atoms with Crippen molar-refractivity contribution in [3.63, 3.8) is 0 Å². The Morgan fingerprint density at radius 2 is 2.06 bits per heavy atom. The fourth-order valence-electron chi connectivity index (χ4n) is 3.85. The van der Waals surface area contributed by atoms with E-state index in [0.29, 0.717) is 0 Å². The van der Waals surface area contributed by atoms with Gasteiger partial charge in [0.1, 0.15) is 23.4 Å². The maximum atomic E-state index is 14.7. The molecule has 1 aromatic carbocycles. The maximum absolute atomic E-state index is 14.7. The predicted octanol–water partition coefficient (Wildman–Crippen LogP) is 3.58. The van der Waals surface area contributed by atoms with Crippen molar-refractivity contribution < 1.29 is 36.2 Å². The van der Waals surface area contributed by atoms with Gasteiger partial charge in [0.25, 0.3) is 18.4 Å². The Labute approximate surface area is 178 Å². The highest BCUT2D eigenvalue weighted by Crippen LogP contribution is 2.56. The van der Waals surface area contributed by atoms with Crippen molar-refractivity contribution in [1.29, 1.82) is 0 Å². The van der Waals surface area contributed by atoms with Crippen LogP contribution in [0, 0.1) is 18.7 Å². The molecule has 1 fully saturated rings. The molecule has 2 aromatic rings. The minimum Gasteiger partial charge on any atom is -0.462 e. The summed E-state index contributed by atoms with van der Waals surface area (Å²) >= 11 is 0. The van der Waals surface area contributed by atoms with Crippen molar-refractivity contribution >= 4 is 17.6 Å². The number of nitrogens with two attached hydrogens (primary N) is 1. The summed E-state index contributed by atoms with van der Waals surface area (Å²) in [6, 6.07) is 3.94. The normalized spacial score (nSPS) is 23.9. The number of carbonyl (C=O) groups excluding carboxylic acids is 1. The largest absolute Gasteiger partial charge is 0.462 e. The summed E-state index contributed by atoms with van der Waals surface area (Å²) in [6.07, 6.45) is -2.48. The van der Waals surface area contributed by atoms with E-state index in [1.54, 1.807) is 0 Å². The standard InChI is InChI=1S/C20H17F5N4O3/c1-8-4-10(31-18(24)25)7-27-15(8)16(30)28-9-2-3-13(21)11(5-9)20(17(22)23)12-6-14(12)32-19(26)29-20/h2-5,7,12,14,17-18H,6H2,1H3,(H2,26,29)(H,28,30)/t12?,14-,20-/m1/s1. The number of amides is 1. The number of benzene rings is 1. The molecule has 2 heterocycles. The van der Waals surface area contributed by atoms with Crippen LogP contribution in [0.2, 0.25) is 0 Å². The number of nitrogens with zero attached hydrogens (tertiary/aromatic N) is 2. The Morgan fingerprint density at radius 3 is 2.72 bits per heavy atom. The number of anilines is 1. The highest BCUT2D eigenvalue weighted by Gasteiger charge is 2.64. The Bertz CT molecular complexity index is 1100. The van der Waals surface area contributed by atoms with Gasteiger partial charge in [-0.05, 0) is 43.2 Å². The molecule has 170 valence electrons. The molecule has 2 aliphatic rings. The fraction of sp³-hybridized carbons (Fsp3) is 0.350. The minimum atomic E-state index is -3.08. The smallest absolute Gasteiger partial charge is 0.387 e. The van der Waals surface area contributed by atoms with Gasteiger partial charge in [-0.3, -0.25) is 4.79 Å². The number of aromatic nitrogens is 1. The van der Waals surface area contributed by atoms with E-state index in [0.717, 1.165) is 18.3 Å². The number of fused-ring (bicyclic) bond motifs is 1. The van der Waals surface area contributed by atoms with Crippen LogP contribution in [-0.4, -0.2) is 36.1 Å². The summed E-state index contributed by atoms with van der Waals surface area (Å²) in [4.78, 5) is 20.2. The van der Waals surface area contributed by atoms with Crippen molar-refractivity contribution in [1.82, 2.24) is 4.98 Å². The van der Waals surface area contributed by atoms with E-state index >= 15 is 0 Å². The van der Waals surface area contributed by atoms with Crippen molar-refractivity contribution in [3.8, 4) is 5.75 Å². The summed E-state index contributed by atoms with van der Waals surface area (Å²) in [5, 5.41) is 2.45. The number of carbonyl (C=O) groups is 1. The molecule has 7 nitrogen and oxygen atoms in total. The number of hydrogen-bond acceptors (Lipinski definition) is 6. The number of aliphatic imine (C=N–C) groups is 1. The first kappa shape index (κ1) is 21.8. The first-order valence-electron chi connectivity index (χ1n) is 9.44. The molecule has 0 radical (unpaired) electrons. The molecule has 1 unspecified atom stereocenters. The molecule has 0 spiro atoms. The minimum absolute atomic E-state index is 0.0120. The van der Waals surface area contributed by atoms with E-state index in [9.17, 15) is 26.7 Å². The molecule has 3 N–H and O–H groups in total. The number of hydrogen-bond donors (Lipinski definition) is 2. The number of pyridine rings is 1. The lowest BCUT2D eigenvalue weighted by atomic mass is 9.84. The van der Waals surface area contributed by atoms with E-state index in [1.807, 2.05) is 0 Å². The molecule has 0 saturated heterocycles. The zero-order chi connectivity index (χ0) is 23.2. The van der Waals surface area contributed by atoms with Gasteiger partial charge in [0.2, 0.25) is 0 Å².